The third-order valence-corrected chi connectivity index (χ3v) is 1.93. The lowest BCUT2D eigenvalue weighted by Gasteiger charge is -2.09. The van der Waals surface area contributed by atoms with Crippen LogP contribution in [0.4, 0.5) is 0 Å². The fourth-order valence-electron chi connectivity index (χ4n) is 1.18. The van der Waals surface area contributed by atoms with Crippen LogP contribution >= 0.6 is 0 Å². The average Bonchev–Trinajstić information content (AvgIpc) is 2.24. The summed E-state index contributed by atoms with van der Waals surface area (Å²) in [7, 11) is 0. The zero-order valence-electron chi connectivity index (χ0n) is 9.81. The molecule has 16 heavy (non-hydrogen) atoms. The topological polar surface area (TPSA) is 73.6 Å². The molecule has 0 atom stereocenters. The van der Waals surface area contributed by atoms with Crippen LogP contribution < -0.4 is 16.2 Å². The Morgan fingerprint density at radius 1 is 1.38 bits per heavy atom. The molecule has 1 aromatic rings. The van der Waals surface area contributed by atoms with Crippen molar-refractivity contribution in [2.45, 2.75) is 20.4 Å². The van der Waals surface area contributed by atoms with Gasteiger partial charge in [-0.3, -0.25) is 0 Å². The number of nitrogens with zero attached hydrogens (tertiary/aromatic N) is 1. The molecule has 4 heteroatoms. The number of hydrogen-bond donors (Lipinski definition) is 2. The molecule has 1 rings (SSSR count). The molecule has 0 bridgehead atoms. The molecule has 0 saturated heterocycles. The number of rotatable bonds is 5. The maximum Gasteiger partial charge on any atom is 0.186 e. The van der Waals surface area contributed by atoms with Crippen LogP contribution in [0.25, 0.3) is 0 Å². The number of nitrogens with two attached hydrogens (primary N) is 2. The minimum atomic E-state index is 0.105. The SMILES string of the molecule is CC(C)COc1cccc(CN=C(N)N)c1. The summed E-state index contributed by atoms with van der Waals surface area (Å²) in [6, 6.07) is 7.79. The molecule has 0 aliphatic carbocycles. The molecule has 4 nitrogen and oxygen atoms in total. The fraction of sp³-hybridized carbons (Fsp3) is 0.417. The van der Waals surface area contributed by atoms with Gasteiger partial charge in [0, 0.05) is 0 Å². The highest BCUT2D eigenvalue weighted by atomic mass is 16.5. The summed E-state index contributed by atoms with van der Waals surface area (Å²) in [6.07, 6.45) is 0. The van der Waals surface area contributed by atoms with Gasteiger partial charge in [0.25, 0.3) is 0 Å². The average molecular weight is 221 g/mol. The predicted molar refractivity (Wildman–Crippen MR) is 66.3 cm³/mol. The summed E-state index contributed by atoms with van der Waals surface area (Å²) in [5.74, 6) is 1.48. The molecule has 4 N–H and O–H groups in total. The molecular formula is C12H19N3O. The van der Waals surface area contributed by atoms with E-state index < -0.39 is 0 Å². The van der Waals surface area contributed by atoms with Gasteiger partial charge in [-0.1, -0.05) is 26.0 Å². The van der Waals surface area contributed by atoms with Crippen molar-refractivity contribution in [3.8, 4) is 5.75 Å². The summed E-state index contributed by atoms with van der Waals surface area (Å²) >= 11 is 0. The van der Waals surface area contributed by atoms with Crippen molar-refractivity contribution < 1.29 is 4.74 Å². The largest absolute Gasteiger partial charge is 0.493 e. The van der Waals surface area contributed by atoms with Crippen LogP contribution in [0.2, 0.25) is 0 Å². The highest BCUT2D eigenvalue weighted by Gasteiger charge is 1.98. The Morgan fingerprint density at radius 2 is 2.12 bits per heavy atom. The number of benzene rings is 1. The molecular weight excluding hydrogens is 202 g/mol. The molecule has 0 heterocycles. The maximum atomic E-state index is 5.60. The second-order valence-electron chi connectivity index (χ2n) is 4.09. The van der Waals surface area contributed by atoms with Crippen LogP contribution in [-0.2, 0) is 6.54 Å². The van der Waals surface area contributed by atoms with Crippen molar-refractivity contribution in [2.75, 3.05) is 6.61 Å². The van der Waals surface area contributed by atoms with Crippen molar-refractivity contribution >= 4 is 5.96 Å². The third kappa shape index (κ3) is 4.68. The standard InChI is InChI=1S/C12H19N3O/c1-9(2)8-16-11-5-3-4-10(6-11)7-15-12(13)14/h3-6,9H,7-8H2,1-2H3,(H4,13,14,15). The Bertz CT molecular complexity index is 357. The van der Waals surface area contributed by atoms with Crippen molar-refractivity contribution in [3.05, 3.63) is 29.8 Å². The Morgan fingerprint density at radius 3 is 2.75 bits per heavy atom. The first-order valence-corrected chi connectivity index (χ1v) is 5.35. The van der Waals surface area contributed by atoms with Crippen molar-refractivity contribution in [1.29, 1.82) is 0 Å². The normalized spacial score (nSPS) is 10.2. The Kier molecular flexibility index (Phi) is 4.64. The van der Waals surface area contributed by atoms with E-state index in [0.29, 0.717) is 19.1 Å². The first-order valence-electron chi connectivity index (χ1n) is 5.35. The lowest BCUT2D eigenvalue weighted by Crippen LogP contribution is -2.22. The molecule has 0 aliphatic rings. The highest BCUT2D eigenvalue weighted by molar-refractivity contribution is 5.75. The van der Waals surface area contributed by atoms with Crippen LogP contribution in [0.15, 0.2) is 29.3 Å². The van der Waals surface area contributed by atoms with E-state index in [2.05, 4.69) is 18.8 Å². The first-order chi connectivity index (χ1) is 7.58. The quantitative estimate of drug-likeness (QED) is 0.584. The monoisotopic (exact) mass is 221 g/mol. The molecule has 0 spiro atoms. The first kappa shape index (κ1) is 12.4. The van der Waals surface area contributed by atoms with E-state index in [9.17, 15) is 0 Å². The fourth-order valence-corrected chi connectivity index (χ4v) is 1.18. The van der Waals surface area contributed by atoms with Crippen molar-refractivity contribution in [3.63, 3.8) is 0 Å². The van der Waals surface area contributed by atoms with Crippen molar-refractivity contribution in [1.82, 2.24) is 0 Å². The van der Waals surface area contributed by atoms with Crippen LogP contribution in [0, 0.1) is 5.92 Å². The van der Waals surface area contributed by atoms with Gasteiger partial charge in [-0.15, -0.1) is 0 Å². The van der Waals surface area contributed by atoms with Gasteiger partial charge in [0.05, 0.1) is 13.2 Å². The van der Waals surface area contributed by atoms with Crippen LogP contribution in [0.3, 0.4) is 0 Å². The summed E-state index contributed by atoms with van der Waals surface area (Å²) in [5.41, 5.74) is 11.6. The van der Waals surface area contributed by atoms with Crippen molar-refractivity contribution in [2.24, 2.45) is 22.4 Å². The molecule has 88 valence electrons. The van der Waals surface area contributed by atoms with Crippen LogP contribution in [-0.4, -0.2) is 12.6 Å². The van der Waals surface area contributed by atoms with Gasteiger partial charge in [0.15, 0.2) is 5.96 Å². The zero-order chi connectivity index (χ0) is 12.0. The minimum absolute atomic E-state index is 0.105. The van der Waals surface area contributed by atoms with Gasteiger partial charge in [0.2, 0.25) is 0 Å². The summed E-state index contributed by atoms with van der Waals surface area (Å²) < 4.78 is 5.60. The predicted octanol–water partition coefficient (Wildman–Crippen LogP) is 1.49. The van der Waals surface area contributed by atoms with Gasteiger partial charge in [0.1, 0.15) is 5.75 Å². The number of hydrogen-bond acceptors (Lipinski definition) is 2. The van der Waals surface area contributed by atoms with Gasteiger partial charge in [-0.25, -0.2) is 4.99 Å². The zero-order valence-corrected chi connectivity index (χ0v) is 9.81. The van der Waals surface area contributed by atoms with Gasteiger partial charge in [-0.05, 0) is 23.6 Å². The Balaban J connectivity index is 2.60. The lowest BCUT2D eigenvalue weighted by atomic mass is 10.2. The molecule has 0 aromatic heterocycles. The van der Waals surface area contributed by atoms with Gasteiger partial charge >= 0.3 is 0 Å². The molecule has 0 unspecified atom stereocenters. The molecule has 0 aliphatic heterocycles. The van der Waals surface area contributed by atoms with E-state index in [0.717, 1.165) is 11.3 Å². The summed E-state index contributed by atoms with van der Waals surface area (Å²) in [6.45, 7) is 5.43. The van der Waals surface area contributed by atoms with E-state index in [1.54, 1.807) is 0 Å². The third-order valence-electron chi connectivity index (χ3n) is 1.93. The Labute approximate surface area is 96.3 Å². The maximum absolute atomic E-state index is 5.60. The molecule has 0 fully saturated rings. The minimum Gasteiger partial charge on any atom is -0.493 e. The molecule has 1 aromatic carbocycles. The second-order valence-corrected chi connectivity index (χ2v) is 4.09. The Hall–Kier alpha value is -1.71. The van der Waals surface area contributed by atoms with E-state index in [4.69, 9.17) is 16.2 Å². The van der Waals surface area contributed by atoms with Crippen LogP contribution in [0.5, 0.6) is 5.75 Å². The number of guanidine groups is 1. The second kappa shape index (κ2) is 6.00. The van der Waals surface area contributed by atoms with E-state index >= 15 is 0 Å². The van der Waals surface area contributed by atoms with E-state index in [1.165, 1.54) is 0 Å². The van der Waals surface area contributed by atoms with Crippen LogP contribution in [0.1, 0.15) is 19.4 Å². The number of aliphatic imine (C=N–C) groups is 1. The molecule has 0 amide bonds. The van der Waals surface area contributed by atoms with E-state index in [1.807, 2.05) is 24.3 Å². The van der Waals surface area contributed by atoms with Gasteiger partial charge in [-0.2, -0.15) is 0 Å². The number of ether oxygens (including phenoxy) is 1. The summed E-state index contributed by atoms with van der Waals surface area (Å²) in [5, 5.41) is 0. The molecule has 0 saturated carbocycles. The summed E-state index contributed by atoms with van der Waals surface area (Å²) in [4.78, 5) is 3.95. The van der Waals surface area contributed by atoms with Gasteiger partial charge < -0.3 is 16.2 Å². The smallest absolute Gasteiger partial charge is 0.186 e. The van der Waals surface area contributed by atoms with E-state index in [-0.39, 0.29) is 5.96 Å². The highest BCUT2D eigenvalue weighted by Crippen LogP contribution is 2.14. The molecule has 0 radical (unpaired) electrons. The lowest BCUT2D eigenvalue weighted by molar-refractivity contribution is 0.271.